The molecule has 0 atom stereocenters. The van der Waals surface area contributed by atoms with Gasteiger partial charge >= 0.3 is 5.97 Å². The van der Waals surface area contributed by atoms with Gasteiger partial charge in [-0.1, -0.05) is 11.6 Å². The molecule has 11 nitrogen and oxygen atoms in total. The maximum Gasteiger partial charge on any atom is 0.342 e. The Bertz CT molecular complexity index is 1480. The Morgan fingerprint density at radius 3 is 2.67 bits per heavy atom. The summed E-state index contributed by atoms with van der Waals surface area (Å²) in [6.07, 6.45) is 1.28. The first-order valence-corrected chi connectivity index (χ1v) is 11.3. The number of benzene rings is 2. The predicted molar refractivity (Wildman–Crippen MR) is 132 cm³/mol. The normalized spacial score (nSPS) is 11.4. The highest BCUT2D eigenvalue weighted by molar-refractivity contribution is 8.04. The van der Waals surface area contributed by atoms with Crippen molar-refractivity contribution in [3.8, 4) is 34.2 Å². The molecule has 2 heterocycles. The largest absolute Gasteiger partial charge is 0.497 e. The molecule has 13 heteroatoms. The fourth-order valence-electron chi connectivity index (χ4n) is 3.21. The van der Waals surface area contributed by atoms with Crippen LogP contribution in [0.2, 0.25) is 5.02 Å². The minimum atomic E-state index is -1.24. The molecular weight excluding hydrogens is 512 g/mol. The molecule has 0 radical (unpaired) electrons. The first-order chi connectivity index (χ1) is 17.3. The molecule has 36 heavy (non-hydrogen) atoms. The number of nitrogens with one attached hydrogen (secondary N) is 1. The van der Waals surface area contributed by atoms with Crippen molar-refractivity contribution >= 4 is 41.1 Å². The minimum Gasteiger partial charge on any atom is -0.497 e. The molecule has 0 amide bonds. The van der Waals surface area contributed by atoms with Crippen molar-refractivity contribution in [1.29, 1.82) is 0 Å². The van der Waals surface area contributed by atoms with Crippen molar-refractivity contribution in [2.24, 2.45) is 0 Å². The zero-order valence-electron chi connectivity index (χ0n) is 18.7. The zero-order valence-corrected chi connectivity index (χ0v) is 20.3. The van der Waals surface area contributed by atoms with Gasteiger partial charge in [0, 0.05) is 11.1 Å². The van der Waals surface area contributed by atoms with E-state index in [1.54, 1.807) is 24.3 Å². The van der Waals surface area contributed by atoms with Gasteiger partial charge in [-0.15, -0.1) is 5.10 Å². The fraction of sp³-hybridized carbons (Fsp3) is 0.0870. The van der Waals surface area contributed by atoms with E-state index >= 15 is 0 Å². The number of hydrogen-bond acceptors (Lipinski definition) is 9. The van der Waals surface area contributed by atoms with Crippen LogP contribution < -0.4 is 9.47 Å². The Morgan fingerprint density at radius 2 is 1.97 bits per heavy atom. The number of aromatic amines is 1. The summed E-state index contributed by atoms with van der Waals surface area (Å²) in [5, 5.41) is 28.6. The quantitative estimate of drug-likeness (QED) is 0.123. The van der Waals surface area contributed by atoms with Gasteiger partial charge in [-0.25, -0.2) is 9.78 Å². The summed E-state index contributed by atoms with van der Waals surface area (Å²) in [7, 11) is 2.91. The number of carboxylic acids is 1. The van der Waals surface area contributed by atoms with Gasteiger partial charge in [0.2, 0.25) is 5.16 Å². The Labute approximate surface area is 212 Å². The van der Waals surface area contributed by atoms with Crippen molar-refractivity contribution in [2.75, 3.05) is 14.2 Å². The number of rotatable bonds is 9. The van der Waals surface area contributed by atoms with Crippen LogP contribution in [0.1, 0.15) is 5.76 Å². The van der Waals surface area contributed by atoms with Crippen LogP contribution in [0.25, 0.3) is 28.8 Å². The molecule has 0 aliphatic heterocycles. The SMILES string of the molecule is COc1ccc(-c2ccc(/C=C(\Sc3n[nH]c(-c4cc(Cl)ccc4OC)n3)C(=O)O)o2)c([N+](=O)[O-])c1. The number of carbonyl (C=O) groups is 1. The number of methoxy groups -OCH3 is 2. The van der Waals surface area contributed by atoms with Crippen LogP contribution in [0.5, 0.6) is 11.5 Å². The molecule has 2 N–H and O–H groups in total. The van der Waals surface area contributed by atoms with Crippen LogP contribution in [0.4, 0.5) is 5.69 Å². The summed E-state index contributed by atoms with van der Waals surface area (Å²) in [5.74, 6) is 0.305. The lowest BCUT2D eigenvalue weighted by molar-refractivity contribution is -0.384. The molecule has 0 aliphatic rings. The first kappa shape index (κ1) is 24.8. The second-order valence-corrected chi connectivity index (χ2v) is 8.51. The van der Waals surface area contributed by atoms with Crippen LogP contribution in [0.3, 0.4) is 0 Å². The standard InChI is InChI=1S/C23H17ClN4O7S/c1-33-13-4-6-15(17(10-13)28(31)32)19-8-5-14(35-19)11-20(22(29)30)36-23-25-21(26-27-23)16-9-12(24)3-7-18(16)34-2/h3-11H,1-2H3,(H,29,30)(H,25,26,27)/b20-11-. The molecule has 0 unspecified atom stereocenters. The predicted octanol–water partition coefficient (Wildman–Crippen LogP) is 5.53. The van der Waals surface area contributed by atoms with Crippen LogP contribution in [0.15, 0.2) is 63.0 Å². The topological polar surface area (TPSA) is 154 Å². The molecule has 4 rings (SSSR count). The van der Waals surface area contributed by atoms with E-state index in [9.17, 15) is 20.0 Å². The van der Waals surface area contributed by atoms with E-state index in [0.29, 0.717) is 27.9 Å². The summed E-state index contributed by atoms with van der Waals surface area (Å²) < 4.78 is 16.1. The lowest BCUT2D eigenvalue weighted by Crippen LogP contribution is -1.97. The molecular formula is C23H17ClN4O7S. The average molecular weight is 529 g/mol. The minimum absolute atomic E-state index is 0.135. The number of nitro benzene ring substituents is 1. The summed E-state index contributed by atoms with van der Waals surface area (Å²) in [6.45, 7) is 0. The number of carboxylic acid groups (broad SMARTS) is 1. The highest BCUT2D eigenvalue weighted by atomic mass is 35.5. The number of halogens is 1. The van der Waals surface area contributed by atoms with Crippen LogP contribution in [-0.4, -0.2) is 45.4 Å². The van der Waals surface area contributed by atoms with Gasteiger partial charge in [-0.2, -0.15) is 0 Å². The van der Waals surface area contributed by atoms with Crippen molar-refractivity contribution in [1.82, 2.24) is 15.2 Å². The number of nitrogens with zero attached hydrogens (tertiary/aromatic N) is 3. The molecule has 2 aromatic carbocycles. The fourth-order valence-corrected chi connectivity index (χ4v) is 4.07. The van der Waals surface area contributed by atoms with Crippen LogP contribution in [0, 0.1) is 10.1 Å². The van der Waals surface area contributed by atoms with E-state index in [-0.39, 0.29) is 32.8 Å². The molecule has 184 valence electrons. The number of aromatic nitrogens is 3. The molecule has 2 aromatic heterocycles. The number of thioether (sulfide) groups is 1. The third-order valence-corrected chi connectivity index (χ3v) is 5.97. The third kappa shape index (κ3) is 5.34. The first-order valence-electron chi connectivity index (χ1n) is 10.1. The molecule has 4 aromatic rings. The van der Waals surface area contributed by atoms with Gasteiger partial charge in [0.25, 0.3) is 5.69 Å². The van der Waals surface area contributed by atoms with Crippen LogP contribution in [-0.2, 0) is 4.79 Å². The molecule has 0 saturated carbocycles. The van der Waals surface area contributed by atoms with Crippen molar-refractivity contribution in [3.63, 3.8) is 0 Å². The second kappa shape index (κ2) is 10.5. The van der Waals surface area contributed by atoms with E-state index in [1.807, 2.05) is 0 Å². The molecule has 0 saturated heterocycles. The van der Waals surface area contributed by atoms with Crippen molar-refractivity contribution < 1.29 is 28.7 Å². The maximum atomic E-state index is 11.9. The third-order valence-electron chi connectivity index (χ3n) is 4.86. The van der Waals surface area contributed by atoms with E-state index in [1.165, 1.54) is 44.6 Å². The number of furan rings is 1. The van der Waals surface area contributed by atoms with Gasteiger partial charge in [0.05, 0.1) is 36.3 Å². The Hall–Kier alpha value is -4.29. The Morgan fingerprint density at radius 1 is 1.17 bits per heavy atom. The monoisotopic (exact) mass is 528 g/mol. The molecule has 0 aliphatic carbocycles. The number of hydrogen-bond donors (Lipinski definition) is 2. The lowest BCUT2D eigenvalue weighted by Gasteiger charge is -2.05. The highest BCUT2D eigenvalue weighted by Crippen LogP contribution is 2.36. The number of nitro groups is 1. The smallest absolute Gasteiger partial charge is 0.342 e. The van der Waals surface area contributed by atoms with Gasteiger partial charge in [0.15, 0.2) is 5.82 Å². The van der Waals surface area contributed by atoms with Gasteiger partial charge in [-0.05, 0) is 54.2 Å². The van der Waals surface area contributed by atoms with Gasteiger partial charge < -0.3 is 19.0 Å². The Balaban J connectivity index is 1.61. The number of aliphatic carboxylic acids is 1. The Kier molecular flexibility index (Phi) is 7.27. The van der Waals surface area contributed by atoms with Crippen molar-refractivity contribution in [2.45, 2.75) is 5.16 Å². The highest BCUT2D eigenvalue weighted by Gasteiger charge is 2.21. The number of H-pyrrole nitrogens is 1. The lowest BCUT2D eigenvalue weighted by atomic mass is 10.1. The summed E-state index contributed by atoms with van der Waals surface area (Å²) in [5.41, 5.74) is 0.567. The summed E-state index contributed by atoms with van der Waals surface area (Å²) >= 11 is 6.86. The summed E-state index contributed by atoms with van der Waals surface area (Å²) in [4.78, 5) is 27.0. The van der Waals surface area contributed by atoms with E-state index < -0.39 is 10.9 Å². The maximum absolute atomic E-state index is 11.9. The van der Waals surface area contributed by atoms with E-state index in [4.69, 9.17) is 25.5 Å². The van der Waals surface area contributed by atoms with Crippen LogP contribution >= 0.6 is 23.4 Å². The van der Waals surface area contributed by atoms with E-state index in [0.717, 1.165) is 11.8 Å². The molecule has 0 spiro atoms. The van der Waals surface area contributed by atoms with Gasteiger partial charge in [-0.3, -0.25) is 15.2 Å². The summed E-state index contributed by atoms with van der Waals surface area (Å²) in [6, 6.07) is 12.3. The van der Waals surface area contributed by atoms with Gasteiger partial charge in [0.1, 0.15) is 27.9 Å². The zero-order chi connectivity index (χ0) is 25.8. The second-order valence-electron chi connectivity index (χ2n) is 7.07. The number of ether oxygens (including phenoxy) is 2. The average Bonchev–Trinajstić information content (AvgIpc) is 3.53. The van der Waals surface area contributed by atoms with E-state index in [2.05, 4.69) is 15.2 Å². The molecule has 0 bridgehead atoms. The molecule has 0 fully saturated rings. The van der Waals surface area contributed by atoms with Crippen molar-refractivity contribution in [3.05, 3.63) is 74.3 Å².